The smallest absolute Gasteiger partial charge is 0.248 e. The van der Waals surface area contributed by atoms with Gasteiger partial charge in [0.1, 0.15) is 5.76 Å². The topological polar surface area (TPSA) is 71.5 Å². The van der Waals surface area contributed by atoms with Gasteiger partial charge < -0.3 is 15.5 Å². The van der Waals surface area contributed by atoms with Gasteiger partial charge >= 0.3 is 0 Å². The third kappa shape index (κ3) is 4.99. The Morgan fingerprint density at radius 2 is 1.80 bits per heavy atom. The number of hydrogen-bond donors (Lipinski definition) is 2. The molecule has 25 heavy (non-hydrogen) atoms. The zero-order valence-corrected chi connectivity index (χ0v) is 13.8. The van der Waals surface area contributed by atoms with Crippen LogP contribution in [0.1, 0.15) is 27.4 Å². The number of carbonyl (C=O) groups excluding carboxylic acids is 1. The standard InChI is InChI=1S/C20H19N3O2/c21-20(24)17-7-5-16(6-8-17)3-1-2-4-18-9-10-19(25-18)15-23-13-11-22-12-14-23/h5-10,22H,11-15H2,(H2,21,24). The average Bonchev–Trinajstić information content (AvgIpc) is 3.07. The molecule has 0 atom stereocenters. The van der Waals surface area contributed by atoms with Gasteiger partial charge in [0.15, 0.2) is 5.76 Å². The molecule has 5 nitrogen and oxygen atoms in total. The Hall–Kier alpha value is -2.99. The van der Waals surface area contributed by atoms with Crippen molar-refractivity contribution in [1.82, 2.24) is 10.2 Å². The molecule has 1 aliphatic rings. The van der Waals surface area contributed by atoms with Gasteiger partial charge in [-0.15, -0.1) is 0 Å². The van der Waals surface area contributed by atoms with Crippen molar-refractivity contribution in [3.8, 4) is 23.7 Å². The summed E-state index contributed by atoms with van der Waals surface area (Å²) in [5.74, 6) is 12.5. The van der Waals surface area contributed by atoms with Gasteiger partial charge in [0, 0.05) is 37.3 Å². The van der Waals surface area contributed by atoms with Crippen LogP contribution in [0.4, 0.5) is 0 Å². The SMILES string of the molecule is NC(=O)c1ccc(C#CC#Cc2ccc(CN3CCNCC3)o2)cc1. The van der Waals surface area contributed by atoms with Gasteiger partial charge in [0.05, 0.1) is 6.54 Å². The van der Waals surface area contributed by atoms with E-state index in [2.05, 4.69) is 33.9 Å². The molecule has 0 unspecified atom stereocenters. The Morgan fingerprint density at radius 3 is 2.52 bits per heavy atom. The first kappa shape index (κ1) is 16.9. The van der Waals surface area contributed by atoms with Crippen LogP contribution in [0.5, 0.6) is 0 Å². The normalized spacial score (nSPS) is 14.1. The number of furan rings is 1. The first-order valence-corrected chi connectivity index (χ1v) is 8.14. The number of nitrogens with one attached hydrogen (secondary N) is 1. The van der Waals surface area contributed by atoms with Crippen molar-refractivity contribution in [2.45, 2.75) is 6.54 Å². The summed E-state index contributed by atoms with van der Waals surface area (Å²) in [5, 5.41) is 3.33. The minimum Gasteiger partial charge on any atom is -0.451 e. The van der Waals surface area contributed by atoms with Crippen LogP contribution < -0.4 is 11.1 Å². The minimum atomic E-state index is -0.450. The number of nitrogens with zero attached hydrogens (tertiary/aromatic N) is 1. The Morgan fingerprint density at radius 1 is 1.08 bits per heavy atom. The molecule has 3 N–H and O–H groups in total. The first-order valence-electron chi connectivity index (χ1n) is 8.14. The summed E-state index contributed by atoms with van der Waals surface area (Å²) >= 11 is 0. The number of amides is 1. The van der Waals surface area contributed by atoms with Crippen LogP contribution in [0.3, 0.4) is 0 Å². The highest BCUT2D eigenvalue weighted by molar-refractivity contribution is 5.92. The highest BCUT2D eigenvalue weighted by Crippen LogP contribution is 2.10. The van der Waals surface area contributed by atoms with E-state index in [1.165, 1.54) is 0 Å². The molecule has 0 bridgehead atoms. The van der Waals surface area contributed by atoms with E-state index in [0.29, 0.717) is 11.3 Å². The molecule has 1 aromatic heterocycles. The second-order valence-electron chi connectivity index (χ2n) is 5.73. The van der Waals surface area contributed by atoms with Crippen molar-refractivity contribution >= 4 is 5.91 Å². The maximum atomic E-state index is 11.0. The maximum absolute atomic E-state index is 11.0. The second kappa shape index (κ2) is 8.21. The minimum absolute atomic E-state index is 0.450. The molecule has 2 heterocycles. The van der Waals surface area contributed by atoms with Gasteiger partial charge in [-0.3, -0.25) is 9.69 Å². The molecule has 126 valence electrons. The summed E-state index contributed by atoms with van der Waals surface area (Å²) < 4.78 is 5.73. The third-order valence-electron chi connectivity index (χ3n) is 3.88. The average molecular weight is 333 g/mol. The quantitative estimate of drug-likeness (QED) is 0.828. The molecule has 1 aliphatic heterocycles. The number of rotatable bonds is 3. The summed E-state index contributed by atoms with van der Waals surface area (Å²) in [5.41, 5.74) is 6.44. The second-order valence-corrected chi connectivity index (χ2v) is 5.73. The molecule has 1 aromatic carbocycles. The zero-order valence-electron chi connectivity index (χ0n) is 13.8. The van der Waals surface area contributed by atoms with Crippen LogP contribution in [0.15, 0.2) is 40.8 Å². The van der Waals surface area contributed by atoms with Crippen molar-refractivity contribution < 1.29 is 9.21 Å². The largest absolute Gasteiger partial charge is 0.451 e. The zero-order chi connectivity index (χ0) is 17.5. The van der Waals surface area contributed by atoms with Crippen LogP contribution in [0.2, 0.25) is 0 Å². The number of nitrogens with two attached hydrogens (primary N) is 1. The molecule has 0 saturated carbocycles. The molecule has 0 spiro atoms. The van der Waals surface area contributed by atoms with Crippen LogP contribution >= 0.6 is 0 Å². The van der Waals surface area contributed by atoms with Crippen LogP contribution in [-0.4, -0.2) is 37.0 Å². The van der Waals surface area contributed by atoms with Crippen molar-refractivity contribution in [1.29, 1.82) is 0 Å². The summed E-state index contributed by atoms with van der Waals surface area (Å²) in [6.45, 7) is 4.90. The lowest BCUT2D eigenvalue weighted by Gasteiger charge is -2.26. The Labute approximate surface area is 147 Å². The highest BCUT2D eigenvalue weighted by atomic mass is 16.3. The Kier molecular flexibility index (Phi) is 5.53. The van der Waals surface area contributed by atoms with E-state index in [-0.39, 0.29) is 0 Å². The number of carbonyl (C=O) groups is 1. The molecule has 0 radical (unpaired) electrons. The fourth-order valence-corrected chi connectivity index (χ4v) is 2.53. The summed E-state index contributed by atoms with van der Waals surface area (Å²) in [7, 11) is 0. The van der Waals surface area contributed by atoms with Crippen LogP contribution in [0, 0.1) is 23.7 Å². The monoisotopic (exact) mass is 333 g/mol. The van der Waals surface area contributed by atoms with Gasteiger partial charge in [-0.25, -0.2) is 0 Å². The number of hydrogen-bond acceptors (Lipinski definition) is 4. The molecule has 5 heteroatoms. The first-order chi connectivity index (χ1) is 12.2. The van der Waals surface area contributed by atoms with Gasteiger partial charge in [-0.05, 0) is 54.2 Å². The van der Waals surface area contributed by atoms with E-state index >= 15 is 0 Å². The van der Waals surface area contributed by atoms with Crippen LogP contribution in [-0.2, 0) is 6.54 Å². The van der Waals surface area contributed by atoms with E-state index in [1.807, 2.05) is 12.1 Å². The lowest BCUT2D eigenvalue weighted by Crippen LogP contribution is -2.42. The molecule has 1 saturated heterocycles. The summed E-state index contributed by atoms with van der Waals surface area (Å²) in [6, 6.07) is 10.6. The lowest BCUT2D eigenvalue weighted by molar-refractivity contribution is 0.100. The van der Waals surface area contributed by atoms with Crippen molar-refractivity contribution in [3.63, 3.8) is 0 Å². The molecular formula is C20H19N3O2. The van der Waals surface area contributed by atoms with E-state index < -0.39 is 5.91 Å². The van der Waals surface area contributed by atoms with E-state index in [4.69, 9.17) is 10.2 Å². The highest BCUT2D eigenvalue weighted by Gasteiger charge is 2.11. The maximum Gasteiger partial charge on any atom is 0.248 e. The number of benzene rings is 1. The summed E-state index contributed by atoms with van der Waals surface area (Å²) in [6.07, 6.45) is 0. The molecule has 0 aliphatic carbocycles. The van der Waals surface area contributed by atoms with Gasteiger partial charge in [0.2, 0.25) is 5.91 Å². The van der Waals surface area contributed by atoms with Crippen molar-refractivity contribution in [2.75, 3.05) is 26.2 Å². The lowest BCUT2D eigenvalue weighted by atomic mass is 10.1. The fourth-order valence-electron chi connectivity index (χ4n) is 2.53. The fraction of sp³-hybridized carbons (Fsp3) is 0.250. The summed E-state index contributed by atoms with van der Waals surface area (Å²) in [4.78, 5) is 13.4. The van der Waals surface area contributed by atoms with Crippen molar-refractivity contribution in [3.05, 3.63) is 59.0 Å². The number of piperazine rings is 1. The number of primary amides is 1. The molecule has 1 fully saturated rings. The molecule has 3 rings (SSSR count). The van der Waals surface area contributed by atoms with E-state index in [9.17, 15) is 4.79 Å². The Balaban J connectivity index is 1.58. The van der Waals surface area contributed by atoms with Gasteiger partial charge in [0.25, 0.3) is 0 Å². The van der Waals surface area contributed by atoms with Crippen LogP contribution in [0.25, 0.3) is 0 Å². The van der Waals surface area contributed by atoms with Gasteiger partial charge in [-0.1, -0.05) is 5.92 Å². The van der Waals surface area contributed by atoms with E-state index in [0.717, 1.165) is 44.0 Å². The predicted molar refractivity (Wildman–Crippen MR) is 95.6 cm³/mol. The van der Waals surface area contributed by atoms with Crippen molar-refractivity contribution in [2.24, 2.45) is 5.73 Å². The molecule has 2 aromatic rings. The predicted octanol–water partition coefficient (Wildman–Crippen LogP) is 1.19. The molecule has 1 amide bonds. The molecular weight excluding hydrogens is 314 g/mol. The Bertz CT molecular complexity index is 854. The van der Waals surface area contributed by atoms with Gasteiger partial charge in [-0.2, -0.15) is 0 Å². The third-order valence-corrected chi connectivity index (χ3v) is 3.88. The van der Waals surface area contributed by atoms with E-state index in [1.54, 1.807) is 24.3 Å².